The highest BCUT2D eigenvalue weighted by Crippen LogP contribution is 2.20. The van der Waals surface area contributed by atoms with E-state index in [1.807, 2.05) is 11.8 Å². The van der Waals surface area contributed by atoms with Crippen molar-refractivity contribution in [3.05, 3.63) is 45.4 Å². The van der Waals surface area contributed by atoms with Crippen LogP contribution in [0.1, 0.15) is 25.9 Å². The molecular weight excluding hydrogens is 396 g/mol. The Bertz CT molecular complexity index is 925. The van der Waals surface area contributed by atoms with Gasteiger partial charge in [0, 0.05) is 50.7 Å². The highest BCUT2D eigenvalue weighted by atomic mass is 32.2. The highest BCUT2D eigenvalue weighted by Gasteiger charge is 2.24. The molecule has 152 valence electrons. The Kier molecular flexibility index (Phi) is 6.18. The number of piperazine rings is 1. The maximum absolute atomic E-state index is 12.7. The van der Waals surface area contributed by atoms with Crippen LogP contribution in [-0.2, 0) is 16.6 Å². The molecule has 28 heavy (non-hydrogen) atoms. The predicted molar refractivity (Wildman–Crippen MR) is 110 cm³/mol. The molecule has 0 atom stereocenters. The largest absolute Gasteiger partial charge is 0.336 e. The van der Waals surface area contributed by atoms with Crippen LogP contribution < -0.4 is 0 Å². The second-order valence-corrected chi connectivity index (χ2v) is 10.6. The van der Waals surface area contributed by atoms with E-state index < -0.39 is 10.0 Å². The van der Waals surface area contributed by atoms with E-state index in [1.54, 1.807) is 23.5 Å². The Morgan fingerprint density at radius 1 is 1.11 bits per heavy atom. The normalized spacial score (nSPS) is 16.0. The molecule has 0 N–H and O–H groups in total. The number of aryl methyl sites for hydroxylation is 2. The van der Waals surface area contributed by atoms with Crippen molar-refractivity contribution in [2.75, 3.05) is 40.3 Å². The molecule has 3 rings (SSSR count). The minimum absolute atomic E-state index is 0.0608. The first kappa shape index (κ1) is 20.9. The molecule has 9 heteroatoms. The third kappa shape index (κ3) is 4.43. The average molecular weight is 423 g/mol. The molecule has 0 aliphatic carbocycles. The van der Waals surface area contributed by atoms with Crippen LogP contribution >= 0.6 is 11.3 Å². The number of carbonyl (C=O) groups excluding carboxylic acids is 1. The molecule has 1 aromatic heterocycles. The molecule has 0 saturated carbocycles. The lowest BCUT2D eigenvalue weighted by atomic mass is 10.2. The first-order valence-electron chi connectivity index (χ1n) is 9.15. The zero-order chi connectivity index (χ0) is 20.5. The van der Waals surface area contributed by atoms with Crippen LogP contribution in [0.4, 0.5) is 0 Å². The minimum atomic E-state index is -3.49. The summed E-state index contributed by atoms with van der Waals surface area (Å²) in [4.78, 5) is 22.9. The summed E-state index contributed by atoms with van der Waals surface area (Å²) < 4.78 is 25.4. The first-order chi connectivity index (χ1) is 13.2. The van der Waals surface area contributed by atoms with Gasteiger partial charge in [-0.1, -0.05) is 0 Å². The van der Waals surface area contributed by atoms with Gasteiger partial charge < -0.3 is 4.90 Å². The van der Waals surface area contributed by atoms with Gasteiger partial charge in [0.2, 0.25) is 10.0 Å². The molecule has 7 nitrogen and oxygen atoms in total. The number of rotatable bonds is 5. The number of nitrogens with zero attached hydrogens (tertiary/aromatic N) is 4. The number of carbonyl (C=O) groups is 1. The molecule has 0 radical (unpaired) electrons. The molecule has 1 aliphatic rings. The van der Waals surface area contributed by atoms with Gasteiger partial charge in [0.1, 0.15) is 5.01 Å². The van der Waals surface area contributed by atoms with Gasteiger partial charge in [0.15, 0.2) is 0 Å². The van der Waals surface area contributed by atoms with E-state index in [2.05, 4.69) is 16.8 Å². The SMILES string of the molecule is Cc1nc(CN2CCN(C(=O)c3ccc(S(=O)(=O)N(C)C)cc3)CC2)sc1C. The van der Waals surface area contributed by atoms with Crippen LogP contribution in [0.5, 0.6) is 0 Å². The second kappa shape index (κ2) is 8.28. The fourth-order valence-electron chi connectivity index (χ4n) is 3.07. The van der Waals surface area contributed by atoms with Crippen molar-refractivity contribution in [1.29, 1.82) is 0 Å². The van der Waals surface area contributed by atoms with Gasteiger partial charge in [0.05, 0.1) is 17.1 Å². The summed E-state index contributed by atoms with van der Waals surface area (Å²) in [5.74, 6) is -0.0608. The van der Waals surface area contributed by atoms with E-state index in [4.69, 9.17) is 0 Å². The summed E-state index contributed by atoms with van der Waals surface area (Å²) in [6.07, 6.45) is 0. The zero-order valence-corrected chi connectivity index (χ0v) is 18.3. The molecule has 0 unspecified atom stereocenters. The molecular formula is C19H26N4O3S2. The van der Waals surface area contributed by atoms with Gasteiger partial charge in [-0.25, -0.2) is 17.7 Å². The Hall–Kier alpha value is -1.81. The lowest BCUT2D eigenvalue weighted by molar-refractivity contribution is 0.0628. The van der Waals surface area contributed by atoms with Crippen LogP contribution in [0.3, 0.4) is 0 Å². The van der Waals surface area contributed by atoms with Crippen LogP contribution in [-0.4, -0.2) is 73.7 Å². The van der Waals surface area contributed by atoms with Gasteiger partial charge in [0.25, 0.3) is 5.91 Å². The molecule has 1 aliphatic heterocycles. The van der Waals surface area contributed by atoms with Crippen molar-refractivity contribution in [1.82, 2.24) is 19.1 Å². The maximum atomic E-state index is 12.7. The topological polar surface area (TPSA) is 73.8 Å². The fraction of sp³-hybridized carbons (Fsp3) is 0.474. The van der Waals surface area contributed by atoms with Gasteiger partial charge >= 0.3 is 0 Å². The number of benzene rings is 1. The Balaban J connectivity index is 1.59. The molecule has 1 aromatic carbocycles. The summed E-state index contributed by atoms with van der Waals surface area (Å²) in [6, 6.07) is 6.16. The number of hydrogen-bond acceptors (Lipinski definition) is 6. The first-order valence-corrected chi connectivity index (χ1v) is 11.4. The third-order valence-corrected chi connectivity index (χ3v) is 7.86. The maximum Gasteiger partial charge on any atom is 0.253 e. The second-order valence-electron chi connectivity index (χ2n) is 7.13. The van der Waals surface area contributed by atoms with Gasteiger partial charge in [-0.2, -0.15) is 0 Å². The Morgan fingerprint density at radius 3 is 2.21 bits per heavy atom. The minimum Gasteiger partial charge on any atom is -0.336 e. The number of amides is 1. The molecule has 1 saturated heterocycles. The number of hydrogen-bond donors (Lipinski definition) is 0. The summed E-state index contributed by atoms with van der Waals surface area (Å²) >= 11 is 1.73. The van der Waals surface area contributed by atoms with Crippen molar-refractivity contribution >= 4 is 27.3 Å². The van der Waals surface area contributed by atoms with Crippen LogP contribution in [0.25, 0.3) is 0 Å². The third-order valence-electron chi connectivity index (χ3n) is 4.97. The van der Waals surface area contributed by atoms with E-state index in [-0.39, 0.29) is 10.8 Å². The molecule has 0 spiro atoms. The van der Waals surface area contributed by atoms with Crippen LogP contribution in [0, 0.1) is 13.8 Å². The van der Waals surface area contributed by atoms with E-state index in [9.17, 15) is 13.2 Å². The van der Waals surface area contributed by atoms with Gasteiger partial charge in [-0.15, -0.1) is 11.3 Å². The lowest BCUT2D eigenvalue weighted by Gasteiger charge is -2.34. The van der Waals surface area contributed by atoms with E-state index in [0.717, 1.165) is 34.6 Å². The van der Waals surface area contributed by atoms with Gasteiger partial charge in [-0.05, 0) is 38.1 Å². The standard InChI is InChI=1S/C19H26N4O3S2/c1-14-15(2)27-18(20-14)13-22-9-11-23(12-10-22)19(24)16-5-7-17(8-6-16)28(25,26)21(3)4/h5-8H,9-13H2,1-4H3. The summed E-state index contributed by atoms with van der Waals surface area (Å²) in [7, 11) is -0.509. The van der Waals surface area contributed by atoms with E-state index in [0.29, 0.717) is 18.7 Å². The Morgan fingerprint density at radius 2 is 1.71 bits per heavy atom. The number of thiazole rings is 1. The Labute approximate surface area is 170 Å². The molecule has 2 aromatic rings. The monoisotopic (exact) mass is 422 g/mol. The quantitative estimate of drug-likeness (QED) is 0.737. The number of sulfonamides is 1. The zero-order valence-electron chi connectivity index (χ0n) is 16.7. The summed E-state index contributed by atoms with van der Waals surface area (Å²) in [5, 5.41) is 1.12. The molecule has 2 heterocycles. The van der Waals surface area contributed by atoms with Crippen molar-refractivity contribution in [2.45, 2.75) is 25.3 Å². The van der Waals surface area contributed by atoms with Crippen LogP contribution in [0.15, 0.2) is 29.2 Å². The molecule has 0 bridgehead atoms. The summed E-state index contributed by atoms with van der Waals surface area (Å²) in [5.41, 5.74) is 1.60. The molecule has 1 fully saturated rings. The highest BCUT2D eigenvalue weighted by molar-refractivity contribution is 7.89. The van der Waals surface area contributed by atoms with Crippen molar-refractivity contribution in [3.8, 4) is 0 Å². The van der Waals surface area contributed by atoms with Gasteiger partial charge in [-0.3, -0.25) is 9.69 Å². The van der Waals surface area contributed by atoms with E-state index >= 15 is 0 Å². The molecule has 1 amide bonds. The smallest absolute Gasteiger partial charge is 0.253 e. The van der Waals surface area contributed by atoms with Crippen molar-refractivity contribution < 1.29 is 13.2 Å². The number of aromatic nitrogens is 1. The summed E-state index contributed by atoms with van der Waals surface area (Å²) in [6.45, 7) is 7.84. The van der Waals surface area contributed by atoms with Crippen LogP contribution in [0.2, 0.25) is 0 Å². The lowest BCUT2D eigenvalue weighted by Crippen LogP contribution is -2.48. The predicted octanol–water partition coefficient (Wildman–Crippen LogP) is 1.97. The fourth-order valence-corrected chi connectivity index (χ4v) is 4.95. The van der Waals surface area contributed by atoms with Crippen molar-refractivity contribution in [3.63, 3.8) is 0 Å². The van der Waals surface area contributed by atoms with E-state index in [1.165, 1.54) is 31.1 Å². The average Bonchev–Trinajstić information content (AvgIpc) is 2.99. The van der Waals surface area contributed by atoms with Crippen molar-refractivity contribution in [2.24, 2.45) is 0 Å².